The molecule has 0 radical (unpaired) electrons. The van der Waals surface area contributed by atoms with Crippen LogP contribution in [0.25, 0.3) is 21.9 Å². The Morgan fingerprint density at radius 2 is 1.88 bits per heavy atom. The van der Waals surface area contributed by atoms with Gasteiger partial charge in [-0.2, -0.15) is 5.10 Å². The highest BCUT2D eigenvalue weighted by molar-refractivity contribution is 6.06. The molecule has 0 amide bonds. The predicted molar refractivity (Wildman–Crippen MR) is 135 cm³/mol. The Morgan fingerprint density at radius 3 is 2.64 bits per heavy atom. The quantitative estimate of drug-likeness (QED) is 0.372. The minimum Gasteiger partial charge on any atom is -0.493 e. The number of aromatic nitrogens is 3. The number of hydrogen-bond acceptors (Lipinski definition) is 4. The van der Waals surface area contributed by atoms with E-state index in [0.29, 0.717) is 0 Å². The number of rotatable bonds is 10. The second kappa shape index (κ2) is 9.15. The summed E-state index contributed by atoms with van der Waals surface area (Å²) >= 11 is 0. The summed E-state index contributed by atoms with van der Waals surface area (Å²) in [4.78, 5) is 4.99. The Hall–Kier alpha value is -2.30. The van der Waals surface area contributed by atoms with E-state index in [4.69, 9.17) is 9.72 Å². The lowest BCUT2D eigenvalue weighted by Gasteiger charge is -2.23. The highest BCUT2D eigenvalue weighted by Gasteiger charge is 2.36. The Balaban J connectivity index is 1.28. The molecular weight excluding hydrogens is 408 g/mol. The molecular formula is C28H38N4O. The molecule has 3 aliphatic rings. The Morgan fingerprint density at radius 1 is 1.03 bits per heavy atom. The van der Waals surface area contributed by atoms with E-state index in [-0.39, 0.29) is 0 Å². The van der Waals surface area contributed by atoms with Crippen molar-refractivity contribution >= 4 is 27.6 Å². The molecule has 3 saturated carbocycles. The van der Waals surface area contributed by atoms with Crippen LogP contribution in [0, 0.1) is 23.7 Å². The third-order valence-electron chi connectivity index (χ3n) is 8.22. The molecule has 33 heavy (non-hydrogen) atoms. The number of aryl methyl sites for hydroxylation is 1. The smallest absolute Gasteiger partial charge is 0.160 e. The van der Waals surface area contributed by atoms with E-state index < -0.39 is 0 Å². The summed E-state index contributed by atoms with van der Waals surface area (Å²) in [5.41, 5.74) is 3.18. The summed E-state index contributed by atoms with van der Waals surface area (Å²) in [7, 11) is 0. The fraction of sp³-hybridized carbons (Fsp3) is 0.643. The first-order chi connectivity index (χ1) is 16.3. The lowest BCUT2D eigenvalue weighted by Crippen LogP contribution is -2.17. The van der Waals surface area contributed by atoms with Crippen molar-refractivity contribution in [1.82, 2.24) is 14.8 Å². The Labute approximate surface area is 197 Å². The molecule has 2 heterocycles. The summed E-state index contributed by atoms with van der Waals surface area (Å²) < 4.78 is 8.42. The first kappa shape index (κ1) is 21.2. The van der Waals surface area contributed by atoms with Crippen LogP contribution in [-0.4, -0.2) is 27.9 Å². The van der Waals surface area contributed by atoms with Crippen molar-refractivity contribution in [1.29, 1.82) is 0 Å². The van der Waals surface area contributed by atoms with Gasteiger partial charge in [0.05, 0.1) is 29.4 Å². The summed E-state index contributed by atoms with van der Waals surface area (Å²) in [5.74, 6) is 4.35. The number of ether oxygens (including phenoxy) is 1. The molecule has 0 spiro atoms. The van der Waals surface area contributed by atoms with Gasteiger partial charge in [-0.05, 0) is 80.9 Å². The molecule has 1 aromatic carbocycles. The Bertz CT molecular complexity index is 1110. The molecule has 3 aromatic rings. The van der Waals surface area contributed by atoms with Crippen LogP contribution in [-0.2, 0) is 6.54 Å². The van der Waals surface area contributed by atoms with Crippen LogP contribution in [0.3, 0.4) is 0 Å². The summed E-state index contributed by atoms with van der Waals surface area (Å²) in [5, 5.41) is 10.8. The van der Waals surface area contributed by atoms with Crippen LogP contribution >= 0.6 is 0 Å². The fourth-order valence-electron chi connectivity index (χ4n) is 5.84. The van der Waals surface area contributed by atoms with Crippen LogP contribution in [0.1, 0.15) is 71.1 Å². The molecule has 0 saturated heterocycles. The maximum atomic E-state index is 6.42. The molecule has 176 valence electrons. The van der Waals surface area contributed by atoms with Gasteiger partial charge in [0.25, 0.3) is 0 Å². The van der Waals surface area contributed by atoms with Gasteiger partial charge in [0.2, 0.25) is 0 Å². The van der Waals surface area contributed by atoms with Crippen molar-refractivity contribution in [2.24, 2.45) is 23.7 Å². The molecule has 1 atom stereocenters. The molecule has 5 heteroatoms. The SMILES string of the molecule is CCn1ncc2c(NCC3CCCCC3)c3cc(OCC(CC4CC4)C4CC4)ccc3nc21. The normalized spacial score (nSPS) is 20.4. The number of fused-ring (bicyclic) bond motifs is 2. The standard InChI is InChI=1S/C28H38N4O/c1-2-32-28-25(17-30-32)27(29-16-20-6-4-3-5-7-20)24-15-23(12-13-26(24)31-28)33-18-22(21-10-11-21)14-19-8-9-19/h12-13,15,17,19-22H,2-11,14,16,18H2,1H3,(H,29,31). The molecule has 1 N–H and O–H groups in total. The molecule has 3 aliphatic carbocycles. The van der Waals surface area contributed by atoms with E-state index in [1.54, 1.807) is 0 Å². The Kier molecular flexibility index (Phi) is 5.89. The van der Waals surface area contributed by atoms with E-state index in [9.17, 15) is 0 Å². The topological polar surface area (TPSA) is 52.0 Å². The van der Waals surface area contributed by atoms with Gasteiger partial charge in [-0.25, -0.2) is 9.67 Å². The lowest BCUT2D eigenvalue weighted by molar-refractivity contribution is 0.216. The lowest BCUT2D eigenvalue weighted by atomic mass is 9.89. The molecule has 5 nitrogen and oxygen atoms in total. The van der Waals surface area contributed by atoms with E-state index in [1.807, 2.05) is 10.9 Å². The number of hydrogen-bond donors (Lipinski definition) is 1. The summed E-state index contributed by atoms with van der Waals surface area (Å²) in [6.45, 7) is 4.85. The van der Waals surface area contributed by atoms with Crippen molar-refractivity contribution in [2.75, 3.05) is 18.5 Å². The van der Waals surface area contributed by atoms with Crippen LogP contribution in [0.4, 0.5) is 5.69 Å². The third kappa shape index (κ3) is 4.69. The van der Waals surface area contributed by atoms with Gasteiger partial charge < -0.3 is 10.1 Å². The second-order valence-corrected chi connectivity index (χ2v) is 10.8. The van der Waals surface area contributed by atoms with E-state index >= 15 is 0 Å². The summed E-state index contributed by atoms with van der Waals surface area (Å²) in [6, 6.07) is 6.46. The highest BCUT2D eigenvalue weighted by Crippen LogP contribution is 2.45. The van der Waals surface area contributed by atoms with Crippen LogP contribution in [0.2, 0.25) is 0 Å². The van der Waals surface area contributed by atoms with E-state index in [2.05, 4.69) is 35.5 Å². The van der Waals surface area contributed by atoms with Gasteiger partial charge in [0.1, 0.15) is 5.75 Å². The molecule has 1 unspecified atom stereocenters. The monoisotopic (exact) mass is 446 g/mol. The average molecular weight is 447 g/mol. The third-order valence-corrected chi connectivity index (χ3v) is 8.22. The zero-order chi connectivity index (χ0) is 22.2. The number of anilines is 1. The first-order valence-electron chi connectivity index (χ1n) is 13.4. The minimum atomic E-state index is 0.737. The maximum absolute atomic E-state index is 6.42. The predicted octanol–water partition coefficient (Wildman–Crippen LogP) is 6.80. The van der Waals surface area contributed by atoms with Gasteiger partial charge in [-0.3, -0.25) is 0 Å². The molecule has 0 bridgehead atoms. The van der Waals surface area contributed by atoms with Gasteiger partial charge in [0, 0.05) is 18.5 Å². The largest absolute Gasteiger partial charge is 0.493 e. The highest BCUT2D eigenvalue weighted by atomic mass is 16.5. The zero-order valence-corrected chi connectivity index (χ0v) is 20.1. The van der Waals surface area contributed by atoms with Gasteiger partial charge in [-0.15, -0.1) is 0 Å². The number of benzene rings is 1. The minimum absolute atomic E-state index is 0.737. The van der Waals surface area contributed by atoms with Crippen molar-refractivity contribution in [3.05, 3.63) is 24.4 Å². The van der Waals surface area contributed by atoms with Gasteiger partial charge in [-0.1, -0.05) is 32.1 Å². The van der Waals surface area contributed by atoms with Crippen LogP contribution in [0.5, 0.6) is 5.75 Å². The van der Waals surface area contributed by atoms with Gasteiger partial charge >= 0.3 is 0 Å². The number of nitrogens with zero attached hydrogens (tertiary/aromatic N) is 3. The van der Waals surface area contributed by atoms with Crippen molar-refractivity contribution in [2.45, 2.75) is 77.7 Å². The zero-order valence-electron chi connectivity index (χ0n) is 20.1. The number of pyridine rings is 1. The first-order valence-corrected chi connectivity index (χ1v) is 13.4. The fourth-order valence-corrected chi connectivity index (χ4v) is 5.84. The van der Waals surface area contributed by atoms with Crippen molar-refractivity contribution in [3.63, 3.8) is 0 Å². The van der Waals surface area contributed by atoms with Crippen LogP contribution in [0.15, 0.2) is 24.4 Å². The van der Waals surface area contributed by atoms with Crippen molar-refractivity contribution < 1.29 is 4.74 Å². The van der Waals surface area contributed by atoms with Crippen molar-refractivity contribution in [3.8, 4) is 5.75 Å². The molecule has 3 fully saturated rings. The maximum Gasteiger partial charge on any atom is 0.160 e. The summed E-state index contributed by atoms with van der Waals surface area (Å²) in [6.07, 6.45) is 15.8. The number of nitrogens with one attached hydrogen (secondary N) is 1. The van der Waals surface area contributed by atoms with E-state index in [1.165, 1.54) is 69.9 Å². The molecule has 2 aromatic heterocycles. The van der Waals surface area contributed by atoms with Gasteiger partial charge in [0.15, 0.2) is 5.65 Å². The second-order valence-electron chi connectivity index (χ2n) is 10.8. The molecule has 6 rings (SSSR count). The van der Waals surface area contributed by atoms with E-state index in [0.717, 1.165) is 71.1 Å². The van der Waals surface area contributed by atoms with Crippen LogP contribution < -0.4 is 10.1 Å². The average Bonchev–Trinajstić information content (AvgIpc) is 3.78. The molecule has 0 aliphatic heterocycles.